The highest BCUT2D eigenvalue weighted by molar-refractivity contribution is 5.12. The molecule has 1 aliphatic rings. The zero-order valence-electron chi connectivity index (χ0n) is 7.78. The number of halogens is 1. The smallest absolute Gasteiger partial charge is 0.213 e. The van der Waals surface area contributed by atoms with Crippen molar-refractivity contribution in [2.24, 2.45) is 5.92 Å². The summed E-state index contributed by atoms with van der Waals surface area (Å²) >= 11 is 0. The van der Waals surface area contributed by atoms with Crippen LogP contribution in [0.2, 0.25) is 0 Å². The molecule has 0 aliphatic carbocycles. The summed E-state index contributed by atoms with van der Waals surface area (Å²) in [5, 5.41) is 12.6. The summed E-state index contributed by atoms with van der Waals surface area (Å²) in [4.78, 5) is 3.49. The number of rotatable bonds is 2. The quantitative estimate of drug-likeness (QED) is 0.671. The number of aliphatic hydroxyl groups is 1. The van der Waals surface area contributed by atoms with E-state index in [1.165, 1.54) is 12.3 Å². The van der Waals surface area contributed by atoms with Gasteiger partial charge in [-0.3, -0.25) is 0 Å². The average Bonchev–Trinajstić information content (AvgIpc) is 2.52. The van der Waals surface area contributed by atoms with Crippen molar-refractivity contribution >= 4 is 0 Å². The molecule has 2 atom stereocenters. The van der Waals surface area contributed by atoms with Gasteiger partial charge in [-0.05, 0) is 24.1 Å². The lowest BCUT2D eigenvalue weighted by atomic mass is 9.97. The van der Waals surface area contributed by atoms with Gasteiger partial charge in [0.2, 0.25) is 5.95 Å². The molecule has 1 saturated heterocycles. The molecule has 0 amide bonds. The van der Waals surface area contributed by atoms with Crippen LogP contribution in [0.25, 0.3) is 0 Å². The summed E-state index contributed by atoms with van der Waals surface area (Å²) in [6.45, 7) is 1.43. The monoisotopic (exact) mass is 196 g/mol. The Morgan fingerprint density at radius 1 is 1.57 bits per heavy atom. The molecule has 0 radical (unpaired) electrons. The molecule has 0 saturated carbocycles. The first kappa shape index (κ1) is 9.55. The molecule has 2 N–H and O–H groups in total. The number of aliphatic hydroxyl groups excluding tert-OH is 1. The van der Waals surface area contributed by atoms with Gasteiger partial charge in [-0.1, -0.05) is 0 Å². The van der Waals surface area contributed by atoms with E-state index in [-0.39, 0.29) is 12.0 Å². The van der Waals surface area contributed by atoms with Crippen LogP contribution in [0.3, 0.4) is 0 Å². The van der Waals surface area contributed by atoms with Crippen LogP contribution in [0, 0.1) is 11.9 Å². The van der Waals surface area contributed by atoms with Gasteiger partial charge in [0.05, 0.1) is 6.10 Å². The minimum absolute atomic E-state index is 0.191. The molecule has 2 heterocycles. The lowest BCUT2D eigenvalue weighted by Crippen LogP contribution is -2.19. The first-order valence-electron chi connectivity index (χ1n) is 4.75. The molecule has 2 rings (SSSR count). The van der Waals surface area contributed by atoms with E-state index in [2.05, 4.69) is 10.3 Å². The number of β-amino-alcohol motifs (C(OH)–C–C–N with tert-alkyl or cyclic N) is 1. The molecule has 3 nitrogen and oxygen atoms in total. The third-order valence-electron chi connectivity index (χ3n) is 2.59. The summed E-state index contributed by atoms with van der Waals surface area (Å²) in [6, 6.07) is 3.21. The summed E-state index contributed by atoms with van der Waals surface area (Å²) in [7, 11) is 0. The largest absolute Gasteiger partial charge is 0.391 e. The van der Waals surface area contributed by atoms with E-state index in [9.17, 15) is 9.50 Å². The van der Waals surface area contributed by atoms with E-state index in [0.29, 0.717) is 13.0 Å². The molecule has 1 fully saturated rings. The van der Waals surface area contributed by atoms with Crippen LogP contribution in [0.15, 0.2) is 18.3 Å². The molecule has 1 aliphatic heterocycles. The van der Waals surface area contributed by atoms with Crippen molar-refractivity contribution in [3.05, 3.63) is 29.8 Å². The fraction of sp³-hybridized carbons (Fsp3) is 0.500. The van der Waals surface area contributed by atoms with Crippen molar-refractivity contribution < 1.29 is 9.50 Å². The second-order valence-corrected chi connectivity index (χ2v) is 3.68. The maximum absolute atomic E-state index is 12.7. The van der Waals surface area contributed by atoms with E-state index in [4.69, 9.17) is 0 Å². The predicted octanol–water partition coefficient (Wildman–Crippen LogP) is 0.343. The van der Waals surface area contributed by atoms with Gasteiger partial charge in [0.15, 0.2) is 0 Å². The Morgan fingerprint density at radius 2 is 2.43 bits per heavy atom. The Hall–Kier alpha value is -1.00. The molecule has 0 spiro atoms. The van der Waals surface area contributed by atoms with Crippen molar-refractivity contribution in [3.8, 4) is 0 Å². The van der Waals surface area contributed by atoms with Crippen LogP contribution in [0.4, 0.5) is 4.39 Å². The number of aromatic nitrogens is 1. The van der Waals surface area contributed by atoms with Crippen LogP contribution >= 0.6 is 0 Å². The lowest BCUT2D eigenvalue weighted by molar-refractivity contribution is 0.147. The van der Waals surface area contributed by atoms with Crippen molar-refractivity contribution in [2.45, 2.75) is 12.5 Å². The van der Waals surface area contributed by atoms with E-state index >= 15 is 0 Å². The Balaban J connectivity index is 2.03. The van der Waals surface area contributed by atoms with Crippen molar-refractivity contribution in [1.82, 2.24) is 10.3 Å². The van der Waals surface area contributed by atoms with Crippen molar-refractivity contribution in [1.29, 1.82) is 0 Å². The minimum atomic E-state index is -0.456. The van der Waals surface area contributed by atoms with Crippen LogP contribution in [0.5, 0.6) is 0 Å². The standard InChI is InChI=1S/C10H13FN2O/c11-10-4-7(1-2-13-10)3-8-5-12-6-9(8)14/h1-2,4,8-9,12,14H,3,5-6H2. The number of nitrogens with zero attached hydrogens (tertiary/aromatic N) is 1. The molecule has 14 heavy (non-hydrogen) atoms. The Labute approximate surface area is 82.0 Å². The van der Waals surface area contributed by atoms with Crippen molar-refractivity contribution in [3.63, 3.8) is 0 Å². The van der Waals surface area contributed by atoms with Gasteiger partial charge in [0.1, 0.15) is 0 Å². The number of hydrogen-bond donors (Lipinski definition) is 2. The van der Waals surface area contributed by atoms with Gasteiger partial charge < -0.3 is 10.4 Å². The van der Waals surface area contributed by atoms with Gasteiger partial charge in [-0.2, -0.15) is 4.39 Å². The highest BCUT2D eigenvalue weighted by Crippen LogP contribution is 2.15. The van der Waals surface area contributed by atoms with Gasteiger partial charge in [-0.15, -0.1) is 0 Å². The maximum atomic E-state index is 12.7. The van der Waals surface area contributed by atoms with E-state index in [1.807, 2.05) is 0 Å². The molecule has 4 heteroatoms. The minimum Gasteiger partial charge on any atom is -0.391 e. The molecule has 0 bridgehead atoms. The Bertz CT molecular complexity index is 319. The maximum Gasteiger partial charge on any atom is 0.213 e. The van der Waals surface area contributed by atoms with Gasteiger partial charge in [0.25, 0.3) is 0 Å². The molecular weight excluding hydrogens is 183 g/mol. The highest BCUT2D eigenvalue weighted by Gasteiger charge is 2.24. The van der Waals surface area contributed by atoms with E-state index < -0.39 is 5.95 Å². The summed E-state index contributed by atoms with van der Waals surface area (Å²) < 4.78 is 12.7. The Kier molecular flexibility index (Phi) is 2.74. The third-order valence-corrected chi connectivity index (χ3v) is 2.59. The van der Waals surface area contributed by atoms with Gasteiger partial charge >= 0.3 is 0 Å². The molecule has 1 aromatic rings. The summed E-state index contributed by atoms with van der Waals surface area (Å²) in [5.41, 5.74) is 0.894. The summed E-state index contributed by atoms with van der Waals surface area (Å²) in [6.07, 6.45) is 1.85. The fourth-order valence-electron chi connectivity index (χ4n) is 1.80. The fourth-order valence-corrected chi connectivity index (χ4v) is 1.80. The molecule has 1 aromatic heterocycles. The first-order chi connectivity index (χ1) is 6.75. The lowest BCUT2D eigenvalue weighted by Gasteiger charge is -2.12. The van der Waals surface area contributed by atoms with E-state index in [1.54, 1.807) is 6.07 Å². The van der Waals surface area contributed by atoms with Crippen LogP contribution in [-0.2, 0) is 6.42 Å². The molecule has 76 valence electrons. The van der Waals surface area contributed by atoms with Crippen molar-refractivity contribution in [2.75, 3.05) is 13.1 Å². The van der Waals surface area contributed by atoms with Crippen LogP contribution in [-0.4, -0.2) is 29.3 Å². The molecule has 2 unspecified atom stereocenters. The topological polar surface area (TPSA) is 45.1 Å². The average molecular weight is 196 g/mol. The summed E-state index contributed by atoms with van der Waals surface area (Å²) in [5.74, 6) is -0.264. The van der Waals surface area contributed by atoms with Gasteiger partial charge in [0, 0.05) is 25.2 Å². The number of nitrogens with one attached hydrogen (secondary N) is 1. The zero-order chi connectivity index (χ0) is 9.97. The van der Waals surface area contributed by atoms with Gasteiger partial charge in [-0.25, -0.2) is 4.98 Å². The van der Waals surface area contributed by atoms with Crippen LogP contribution < -0.4 is 5.32 Å². The second kappa shape index (κ2) is 4.02. The molecule has 0 aromatic carbocycles. The van der Waals surface area contributed by atoms with E-state index in [0.717, 1.165) is 12.1 Å². The second-order valence-electron chi connectivity index (χ2n) is 3.68. The van der Waals surface area contributed by atoms with Crippen LogP contribution in [0.1, 0.15) is 5.56 Å². The Morgan fingerprint density at radius 3 is 3.07 bits per heavy atom. The number of pyridine rings is 1. The zero-order valence-corrected chi connectivity index (χ0v) is 7.78. The molecular formula is C10H13FN2O. The predicted molar refractivity (Wildman–Crippen MR) is 50.3 cm³/mol. The first-order valence-corrected chi connectivity index (χ1v) is 4.75. The SMILES string of the molecule is OC1CNCC1Cc1ccnc(F)c1. The highest BCUT2D eigenvalue weighted by atomic mass is 19.1. The number of hydrogen-bond acceptors (Lipinski definition) is 3. The normalized spacial score (nSPS) is 26.7. The third kappa shape index (κ3) is 2.08.